The van der Waals surface area contributed by atoms with Crippen LogP contribution in [0.4, 0.5) is 0 Å². The second-order valence-corrected chi connectivity index (χ2v) is 7.64. The smallest absolute Gasteiger partial charge is 0.222 e. The predicted octanol–water partition coefficient (Wildman–Crippen LogP) is 3.32. The van der Waals surface area contributed by atoms with Crippen LogP contribution in [0.5, 0.6) is 0 Å². The Morgan fingerprint density at radius 2 is 2.42 bits per heavy atom. The van der Waals surface area contributed by atoms with E-state index in [-0.39, 0.29) is 5.91 Å². The summed E-state index contributed by atoms with van der Waals surface area (Å²) >= 11 is 7.24. The van der Waals surface area contributed by atoms with Gasteiger partial charge in [-0.05, 0) is 43.8 Å². The fourth-order valence-electron chi connectivity index (χ4n) is 2.90. The van der Waals surface area contributed by atoms with Gasteiger partial charge in [0.15, 0.2) is 10.6 Å². The molecule has 0 aliphatic carbocycles. The minimum Gasteiger partial charge on any atom is -0.352 e. The molecule has 2 heterocycles. The summed E-state index contributed by atoms with van der Waals surface area (Å²) < 4.78 is 2.45. The molecule has 1 aromatic heterocycles. The van der Waals surface area contributed by atoms with Crippen molar-refractivity contribution in [1.82, 2.24) is 20.1 Å². The Hall–Kier alpha value is -1.60. The van der Waals surface area contributed by atoms with E-state index >= 15 is 0 Å². The lowest BCUT2D eigenvalue weighted by Crippen LogP contribution is -2.38. The number of aromatic amines is 1. The highest BCUT2D eigenvalue weighted by molar-refractivity contribution is 7.99. The highest BCUT2D eigenvalue weighted by atomic mass is 32.2. The Labute approximate surface area is 151 Å². The van der Waals surface area contributed by atoms with Gasteiger partial charge in [0.25, 0.3) is 0 Å². The molecule has 1 fully saturated rings. The number of carbonyl (C=O) groups excluding carboxylic acids is 1. The van der Waals surface area contributed by atoms with Crippen LogP contribution in [0.2, 0.25) is 0 Å². The monoisotopic (exact) mass is 362 g/mol. The molecule has 7 heteroatoms. The molecule has 0 unspecified atom stereocenters. The summed E-state index contributed by atoms with van der Waals surface area (Å²) in [6.45, 7) is 2.58. The van der Waals surface area contributed by atoms with Gasteiger partial charge >= 0.3 is 0 Å². The number of nitrogens with zero attached hydrogens (tertiary/aromatic N) is 2. The molecule has 1 amide bonds. The van der Waals surface area contributed by atoms with Crippen molar-refractivity contribution < 1.29 is 4.79 Å². The molecule has 24 heavy (non-hydrogen) atoms. The van der Waals surface area contributed by atoms with Crippen LogP contribution in [0.1, 0.15) is 24.8 Å². The van der Waals surface area contributed by atoms with E-state index in [1.165, 1.54) is 17.7 Å². The molecular formula is C17H22N4OS2. The van der Waals surface area contributed by atoms with E-state index in [0.29, 0.717) is 23.8 Å². The van der Waals surface area contributed by atoms with E-state index < -0.39 is 0 Å². The normalized spacial score (nSPS) is 17.6. The van der Waals surface area contributed by atoms with Gasteiger partial charge in [0.1, 0.15) is 0 Å². The molecule has 1 aliphatic heterocycles. The molecule has 128 valence electrons. The molecule has 1 aliphatic rings. The zero-order valence-corrected chi connectivity index (χ0v) is 15.4. The highest BCUT2D eigenvalue weighted by Gasteiger charge is 2.16. The minimum atomic E-state index is 0.0841. The Bertz CT molecular complexity index is 762. The summed E-state index contributed by atoms with van der Waals surface area (Å²) in [4.78, 5) is 12.2. The van der Waals surface area contributed by atoms with E-state index in [2.05, 4.69) is 21.6 Å². The number of benzene rings is 1. The molecule has 2 N–H and O–H groups in total. The molecule has 1 aromatic carbocycles. The van der Waals surface area contributed by atoms with Crippen molar-refractivity contribution in [2.24, 2.45) is 0 Å². The largest absolute Gasteiger partial charge is 0.352 e. The summed E-state index contributed by atoms with van der Waals surface area (Å²) in [5.41, 5.74) is 2.17. The minimum absolute atomic E-state index is 0.0841. The molecule has 5 nitrogen and oxygen atoms in total. The van der Waals surface area contributed by atoms with E-state index in [4.69, 9.17) is 12.2 Å². The van der Waals surface area contributed by atoms with E-state index in [0.717, 1.165) is 23.6 Å². The lowest BCUT2D eigenvalue weighted by molar-refractivity contribution is -0.121. The Kier molecular flexibility index (Phi) is 5.73. The Morgan fingerprint density at radius 3 is 3.17 bits per heavy atom. The number of thioether (sulfide) groups is 1. The maximum atomic E-state index is 12.2. The van der Waals surface area contributed by atoms with Crippen LogP contribution in [0, 0.1) is 11.7 Å². The molecule has 0 bridgehead atoms. The number of hydrogen-bond donors (Lipinski definition) is 2. The van der Waals surface area contributed by atoms with Crippen molar-refractivity contribution in [3.8, 4) is 11.4 Å². The Balaban J connectivity index is 1.66. The first kappa shape index (κ1) is 17.2. The number of H-pyrrole nitrogens is 1. The maximum Gasteiger partial charge on any atom is 0.222 e. The quantitative estimate of drug-likeness (QED) is 0.801. The molecule has 2 aromatic rings. The lowest BCUT2D eigenvalue weighted by atomic mass is 10.1. The first-order chi connectivity index (χ1) is 11.6. The number of aryl methyl sites for hydroxylation is 1. The zero-order chi connectivity index (χ0) is 16.9. The number of carbonyl (C=O) groups is 1. The van der Waals surface area contributed by atoms with Gasteiger partial charge in [-0.1, -0.05) is 23.8 Å². The van der Waals surface area contributed by atoms with Gasteiger partial charge in [0, 0.05) is 30.3 Å². The second-order valence-electron chi connectivity index (χ2n) is 6.11. The SMILES string of the molecule is Cc1cccc(-c2n[nH]c(=S)n2CCC(=O)N[C@H]2CCCSC2)c1. The number of hydrogen-bond acceptors (Lipinski definition) is 4. The van der Waals surface area contributed by atoms with E-state index in [9.17, 15) is 4.79 Å². The second kappa shape index (κ2) is 7.98. The third-order valence-corrected chi connectivity index (χ3v) is 5.65. The first-order valence-corrected chi connectivity index (χ1v) is 9.79. The molecular weight excluding hydrogens is 340 g/mol. The van der Waals surface area contributed by atoms with Gasteiger partial charge in [0.05, 0.1) is 0 Å². The van der Waals surface area contributed by atoms with Crippen LogP contribution < -0.4 is 5.32 Å². The summed E-state index contributed by atoms with van der Waals surface area (Å²) in [5.74, 6) is 3.09. The summed E-state index contributed by atoms with van der Waals surface area (Å²) in [5, 5.41) is 10.3. The van der Waals surface area contributed by atoms with Gasteiger partial charge in [-0.3, -0.25) is 14.5 Å². The van der Waals surface area contributed by atoms with Crippen molar-refractivity contribution in [3.63, 3.8) is 0 Å². The van der Waals surface area contributed by atoms with Crippen LogP contribution in [-0.2, 0) is 11.3 Å². The van der Waals surface area contributed by atoms with Crippen molar-refractivity contribution >= 4 is 29.9 Å². The van der Waals surface area contributed by atoms with Crippen LogP contribution >= 0.6 is 24.0 Å². The average molecular weight is 363 g/mol. The van der Waals surface area contributed by atoms with Crippen LogP contribution in [0.3, 0.4) is 0 Å². The molecule has 1 saturated heterocycles. The van der Waals surface area contributed by atoms with Crippen molar-refractivity contribution in [1.29, 1.82) is 0 Å². The first-order valence-electron chi connectivity index (χ1n) is 8.23. The van der Waals surface area contributed by atoms with Gasteiger partial charge in [0.2, 0.25) is 5.91 Å². The fourth-order valence-corrected chi connectivity index (χ4v) is 4.19. The van der Waals surface area contributed by atoms with Crippen LogP contribution in [0.25, 0.3) is 11.4 Å². The van der Waals surface area contributed by atoms with Crippen LogP contribution in [-0.4, -0.2) is 38.2 Å². The third-order valence-electron chi connectivity index (χ3n) is 4.12. The molecule has 0 saturated carbocycles. The van der Waals surface area contributed by atoms with Gasteiger partial charge in [-0.25, -0.2) is 0 Å². The molecule has 1 atom stereocenters. The molecule has 0 spiro atoms. The van der Waals surface area contributed by atoms with E-state index in [1.54, 1.807) is 0 Å². The van der Waals surface area contributed by atoms with Gasteiger partial charge in [-0.15, -0.1) is 0 Å². The number of nitrogens with one attached hydrogen (secondary N) is 2. The predicted molar refractivity (Wildman–Crippen MR) is 101 cm³/mol. The fraction of sp³-hybridized carbons (Fsp3) is 0.471. The topological polar surface area (TPSA) is 62.7 Å². The summed E-state index contributed by atoms with van der Waals surface area (Å²) in [6.07, 6.45) is 2.67. The van der Waals surface area contributed by atoms with Crippen molar-refractivity contribution in [3.05, 3.63) is 34.6 Å². The third kappa shape index (κ3) is 4.27. The maximum absolute atomic E-state index is 12.2. The van der Waals surface area contributed by atoms with Crippen LogP contribution in [0.15, 0.2) is 24.3 Å². The molecule has 3 rings (SSSR count). The van der Waals surface area contributed by atoms with E-state index in [1.807, 2.05) is 41.5 Å². The summed E-state index contributed by atoms with van der Waals surface area (Å²) in [6, 6.07) is 8.43. The number of rotatable bonds is 5. The highest BCUT2D eigenvalue weighted by Crippen LogP contribution is 2.19. The molecule has 0 radical (unpaired) electrons. The average Bonchev–Trinajstić information content (AvgIpc) is 2.95. The lowest BCUT2D eigenvalue weighted by Gasteiger charge is -2.22. The van der Waals surface area contributed by atoms with Gasteiger partial charge in [-0.2, -0.15) is 16.9 Å². The van der Waals surface area contributed by atoms with Crippen molar-refractivity contribution in [2.45, 2.75) is 38.8 Å². The van der Waals surface area contributed by atoms with Gasteiger partial charge < -0.3 is 5.32 Å². The standard InChI is InChI=1S/C17H22N4OS2/c1-12-4-2-5-13(10-12)16-19-20-17(23)21(16)8-7-15(22)18-14-6-3-9-24-11-14/h2,4-5,10,14H,3,6-9,11H2,1H3,(H,18,22)(H,20,23)/t14-/m0/s1. The number of amides is 1. The summed E-state index contributed by atoms with van der Waals surface area (Å²) in [7, 11) is 0. The number of aromatic nitrogens is 3. The Morgan fingerprint density at radius 1 is 1.54 bits per heavy atom. The van der Waals surface area contributed by atoms with Crippen molar-refractivity contribution in [2.75, 3.05) is 11.5 Å². The zero-order valence-electron chi connectivity index (χ0n) is 13.7.